The van der Waals surface area contributed by atoms with Gasteiger partial charge in [-0.15, -0.1) is 0 Å². The third-order valence-corrected chi connectivity index (χ3v) is 11.8. The van der Waals surface area contributed by atoms with Crippen molar-refractivity contribution in [1.29, 1.82) is 14.3 Å². The predicted octanol–water partition coefficient (Wildman–Crippen LogP) is 5.64. The normalized spacial score (nSPS) is 33.3. The summed E-state index contributed by atoms with van der Waals surface area (Å²) in [5.41, 5.74) is 0. The average Bonchev–Trinajstić information content (AvgIpc) is 2.92. The van der Waals surface area contributed by atoms with E-state index in [0.29, 0.717) is 52.4 Å². The lowest BCUT2D eigenvalue weighted by Gasteiger charge is -2.23. The first-order valence-corrected chi connectivity index (χ1v) is 20.7. The maximum absolute atomic E-state index is 11.2. The van der Waals surface area contributed by atoms with Crippen molar-refractivity contribution < 1.29 is 17.4 Å². The molecule has 240 valence electrons. The van der Waals surface area contributed by atoms with Gasteiger partial charge in [-0.3, -0.25) is 14.3 Å². The molecule has 12 heteroatoms. The van der Waals surface area contributed by atoms with Gasteiger partial charge in [0.05, 0.1) is 0 Å². The molecule has 0 radical (unpaired) electrons. The second-order valence-corrected chi connectivity index (χ2v) is 16.7. The Hall–Kier alpha value is -0.270. The molecule has 0 atom stereocenters. The highest BCUT2D eigenvalue weighted by Crippen LogP contribution is 2.19. The van der Waals surface area contributed by atoms with E-state index in [9.17, 15) is 12.6 Å². The Labute approximate surface area is 244 Å². The highest BCUT2D eigenvalue weighted by atomic mass is 32.2. The van der Waals surface area contributed by atoms with Crippen LogP contribution in [0.2, 0.25) is 0 Å². The van der Waals surface area contributed by atoms with E-state index >= 15 is 0 Å². The highest BCUT2D eigenvalue weighted by molar-refractivity contribution is 7.92. The molecule has 3 rings (SSSR count). The third-order valence-electron chi connectivity index (χ3n) is 6.40. The molecule has 3 saturated heterocycles. The molecule has 3 aliphatic rings. The Kier molecular flexibility index (Phi) is 28.2. The lowest BCUT2D eigenvalue weighted by molar-refractivity contribution is 0.147. The van der Waals surface area contributed by atoms with Crippen LogP contribution >= 0.6 is 0 Å². The fourth-order valence-electron chi connectivity index (χ4n) is 4.22. The van der Waals surface area contributed by atoms with Crippen LogP contribution in [0.25, 0.3) is 0 Å². The van der Waals surface area contributed by atoms with Crippen molar-refractivity contribution in [1.82, 2.24) is 10.6 Å². The molecule has 0 aromatic rings. The molecule has 9 nitrogen and oxygen atoms in total. The molecule has 5 N–H and O–H groups in total. The van der Waals surface area contributed by atoms with Crippen LogP contribution in [0.3, 0.4) is 0 Å². The number of methoxy groups -OCH3 is 1. The number of ether oxygens (including phenoxy) is 1. The van der Waals surface area contributed by atoms with Crippen LogP contribution in [0.15, 0.2) is 0 Å². The summed E-state index contributed by atoms with van der Waals surface area (Å²) in [7, 11) is -2.90. The van der Waals surface area contributed by atoms with Crippen LogP contribution in [-0.2, 0) is 33.9 Å². The summed E-state index contributed by atoms with van der Waals surface area (Å²) in [6.45, 7) is 16.8. The molecule has 3 heterocycles. The molecule has 0 aliphatic carbocycles. The van der Waals surface area contributed by atoms with Crippen molar-refractivity contribution in [2.45, 2.75) is 93.0 Å². The number of hydrogen-bond donors (Lipinski definition) is 5. The molecule has 0 aromatic carbocycles. The summed E-state index contributed by atoms with van der Waals surface area (Å²) < 4.78 is 60.6. The molecule has 3 fully saturated rings. The van der Waals surface area contributed by atoms with Crippen molar-refractivity contribution in [2.75, 3.05) is 68.4 Å². The Morgan fingerprint density at radius 2 is 1.00 bits per heavy atom. The van der Waals surface area contributed by atoms with E-state index in [1.807, 2.05) is 48.6 Å². The van der Waals surface area contributed by atoms with Gasteiger partial charge in [-0.1, -0.05) is 48.5 Å². The smallest absolute Gasteiger partial charge is 0.0491 e. The van der Waals surface area contributed by atoms with Crippen LogP contribution in [0, 0.1) is 26.2 Å². The predicted molar refractivity (Wildman–Crippen MR) is 174 cm³/mol. The van der Waals surface area contributed by atoms with E-state index in [0.717, 1.165) is 58.2 Å². The molecule has 0 amide bonds. The first-order chi connectivity index (χ1) is 18.4. The van der Waals surface area contributed by atoms with E-state index in [2.05, 4.69) is 17.6 Å². The van der Waals surface area contributed by atoms with Crippen LogP contribution < -0.4 is 10.6 Å². The van der Waals surface area contributed by atoms with Gasteiger partial charge in [-0.2, -0.15) is 0 Å². The van der Waals surface area contributed by atoms with E-state index in [1.54, 1.807) is 7.11 Å². The lowest BCUT2D eigenvalue weighted by atomic mass is 10.0. The molecule has 0 aromatic heterocycles. The molecule has 0 spiro atoms. The monoisotopic (exact) mass is 619 g/mol. The van der Waals surface area contributed by atoms with Crippen molar-refractivity contribution >= 4 is 29.2 Å². The van der Waals surface area contributed by atoms with Gasteiger partial charge in [0.1, 0.15) is 0 Å². The largest absolute Gasteiger partial charge is 0.384 e. The van der Waals surface area contributed by atoms with Crippen LogP contribution in [0.5, 0.6) is 0 Å². The van der Waals surface area contributed by atoms with E-state index < -0.39 is 29.2 Å². The Balaban J connectivity index is -0.000000453. The van der Waals surface area contributed by atoms with E-state index in [1.165, 1.54) is 0 Å². The van der Waals surface area contributed by atoms with Gasteiger partial charge in [0.2, 0.25) is 0 Å². The third kappa shape index (κ3) is 24.1. The Morgan fingerprint density at radius 3 is 1.31 bits per heavy atom. The van der Waals surface area contributed by atoms with Crippen LogP contribution in [0.1, 0.15) is 87.0 Å². The summed E-state index contributed by atoms with van der Waals surface area (Å²) in [6, 6.07) is 0.514. The zero-order valence-corrected chi connectivity index (χ0v) is 29.1. The Bertz CT molecular complexity index is 708. The number of hydrogen-bond acceptors (Lipinski definition) is 9. The molecular weight excluding hydrogens is 555 g/mol. The summed E-state index contributed by atoms with van der Waals surface area (Å²) >= 11 is 0. The first kappa shape index (κ1) is 43.2. The van der Waals surface area contributed by atoms with Gasteiger partial charge in [0, 0.05) is 83.5 Å². The van der Waals surface area contributed by atoms with Gasteiger partial charge < -0.3 is 15.4 Å². The standard InChI is InChI=1S/2C7H16N2OS.C7H15NO2S.3C2H6/c1-9-6-7-2-4-11(8,10)5-3-7;1-2-9-7-3-5-11(8,10)6-4-7;1-10-6-7-2-4-11(8,9)5-3-7;3*1-2/h2*7-9H,2-6H2,1H3;7-8H,2-6H2,1H3;3*1-2H3. The van der Waals surface area contributed by atoms with Crippen molar-refractivity contribution in [3.63, 3.8) is 0 Å². The molecule has 0 bridgehead atoms. The maximum atomic E-state index is 11.2. The molecule has 3 aliphatic heterocycles. The average molecular weight is 620 g/mol. The van der Waals surface area contributed by atoms with Gasteiger partial charge >= 0.3 is 0 Å². The molecular formula is C27H65N5O4S3. The number of rotatable bonds is 6. The van der Waals surface area contributed by atoms with Crippen molar-refractivity contribution in [3.05, 3.63) is 0 Å². The minimum atomic E-state index is -2.19. The first-order valence-electron chi connectivity index (χ1n) is 15.0. The van der Waals surface area contributed by atoms with Gasteiger partial charge in [-0.25, -0.2) is 12.6 Å². The van der Waals surface area contributed by atoms with Gasteiger partial charge in [0.25, 0.3) is 0 Å². The molecule has 0 saturated carbocycles. The second kappa shape index (κ2) is 25.4. The maximum Gasteiger partial charge on any atom is 0.0491 e. The lowest BCUT2D eigenvalue weighted by Crippen LogP contribution is -2.36. The van der Waals surface area contributed by atoms with Crippen molar-refractivity contribution in [2.24, 2.45) is 11.8 Å². The quantitative estimate of drug-likeness (QED) is 0.259. The Morgan fingerprint density at radius 1 is 0.667 bits per heavy atom. The summed E-state index contributed by atoms with van der Waals surface area (Å²) in [5.74, 6) is 4.73. The topological polar surface area (TPSA) is 156 Å². The fraction of sp³-hybridized carbons (Fsp3) is 1.00. The van der Waals surface area contributed by atoms with Gasteiger partial charge in [-0.05, 0) is 70.5 Å². The SMILES string of the molecule is CC.CC.CC.CCNC1CCS(=N)(=O)CC1.CNCC1CCS(=N)(=O)CC1.COCC1CCS(=N)(=O)CC1. The zero-order valence-electron chi connectivity index (χ0n) is 26.7. The van der Waals surface area contributed by atoms with Crippen LogP contribution in [-0.4, -0.2) is 87.0 Å². The second-order valence-electron chi connectivity index (χ2n) is 9.39. The summed E-state index contributed by atoms with van der Waals surface area (Å²) in [5, 5.41) is 6.42. The van der Waals surface area contributed by atoms with E-state index in [4.69, 9.17) is 19.1 Å². The van der Waals surface area contributed by atoms with Crippen LogP contribution in [0.4, 0.5) is 0 Å². The minimum Gasteiger partial charge on any atom is -0.384 e. The van der Waals surface area contributed by atoms with Crippen molar-refractivity contribution in [3.8, 4) is 0 Å². The summed E-state index contributed by atoms with van der Waals surface area (Å²) in [4.78, 5) is 0. The fourth-order valence-corrected chi connectivity index (χ4v) is 9.02. The minimum absolute atomic E-state index is 0.514. The van der Waals surface area contributed by atoms with Gasteiger partial charge in [0.15, 0.2) is 0 Å². The molecule has 39 heavy (non-hydrogen) atoms. The zero-order chi connectivity index (χ0) is 31.0. The highest BCUT2D eigenvalue weighted by Gasteiger charge is 2.21. The van der Waals surface area contributed by atoms with E-state index in [-0.39, 0.29) is 0 Å². The molecule has 0 unspecified atom stereocenters. The number of nitrogens with one attached hydrogen (secondary N) is 5. The summed E-state index contributed by atoms with van der Waals surface area (Å²) in [6.07, 6.45) is 5.55.